The lowest BCUT2D eigenvalue weighted by atomic mass is 10.0. The second kappa shape index (κ2) is 13.7. The number of rotatable bonds is 13. The van der Waals surface area contributed by atoms with Crippen LogP contribution in [0.5, 0.6) is 5.75 Å². The Morgan fingerprint density at radius 3 is 2.09 bits per heavy atom. The second-order valence-corrected chi connectivity index (χ2v) is 8.69. The third-order valence-corrected chi connectivity index (χ3v) is 5.95. The smallest absolute Gasteiger partial charge is 0.185 e. The highest BCUT2D eigenvalue weighted by Crippen LogP contribution is 2.15. The van der Waals surface area contributed by atoms with Crippen LogP contribution in [0.4, 0.5) is 0 Å². The molecule has 0 fully saturated rings. The average Bonchev–Trinajstić information content (AvgIpc) is 2.85. The molecule has 0 aliphatic carbocycles. The number of ether oxygens (including phenoxy) is 1. The molecule has 0 heterocycles. The van der Waals surface area contributed by atoms with Gasteiger partial charge in [0.1, 0.15) is 5.75 Å². The molecule has 0 aliphatic rings. The first-order valence-electron chi connectivity index (χ1n) is 11.4. The van der Waals surface area contributed by atoms with Gasteiger partial charge in [0.25, 0.3) is 0 Å². The first-order chi connectivity index (χ1) is 15.7. The highest BCUT2D eigenvalue weighted by atomic mass is 79.9. The predicted molar refractivity (Wildman–Crippen MR) is 138 cm³/mol. The van der Waals surface area contributed by atoms with Crippen molar-refractivity contribution in [2.75, 3.05) is 11.9 Å². The minimum atomic E-state index is -0.000484. The molecule has 0 aromatic heterocycles. The van der Waals surface area contributed by atoms with Gasteiger partial charge in [-0.25, -0.2) is 0 Å². The average molecular weight is 491 g/mol. The van der Waals surface area contributed by atoms with Crippen molar-refractivity contribution in [3.8, 4) is 5.75 Å². The van der Waals surface area contributed by atoms with E-state index in [1.807, 2.05) is 36.4 Å². The van der Waals surface area contributed by atoms with Crippen LogP contribution in [0, 0.1) is 0 Å². The maximum absolute atomic E-state index is 12.5. The molecule has 32 heavy (non-hydrogen) atoms. The highest BCUT2D eigenvalue weighted by molar-refractivity contribution is 9.09. The van der Waals surface area contributed by atoms with E-state index in [0.717, 1.165) is 42.5 Å². The molecule has 0 atom stereocenters. The monoisotopic (exact) mass is 490 g/mol. The molecular weight excluding hydrogens is 460 g/mol. The summed E-state index contributed by atoms with van der Waals surface area (Å²) in [6.07, 6.45) is 10.2. The van der Waals surface area contributed by atoms with Crippen molar-refractivity contribution in [1.29, 1.82) is 0 Å². The maximum atomic E-state index is 12.5. The van der Waals surface area contributed by atoms with Crippen LogP contribution in [0.1, 0.15) is 52.7 Å². The molecule has 0 spiro atoms. The maximum Gasteiger partial charge on any atom is 0.185 e. The number of carbonyl (C=O) groups excluding carboxylic acids is 1. The van der Waals surface area contributed by atoms with Crippen LogP contribution in [0.25, 0.3) is 6.08 Å². The molecule has 0 aliphatic heterocycles. The van der Waals surface area contributed by atoms with E-state index in [-0.39, 0.29) is 5.78 Å². The summed E-state index contributed by atoms with van der Waals surface area (Å²) in [6, 6.07) is 26.4. The van der Waals surface area contributed by atoms with Crippen molar-refractivity contribution in [2.45, 2.75) is 38.5 Å². The number of ketones is 1. The number of hydrogen-bond donors (Lipinski definition) is 0. The lowest BCUT2D eigenvalue weighted by Gasteiger charge is -2.06. The summed E-state index contributed by atoms with van der Waals surface area (Å²) in [7, 11) is 0. The molecule has 2 nitrogen and oxygen atoms in total. The Morgan fingerprint density at radius 1 is 0.750 bits per heavy atom. The van der Waals surface area contributed by atoms with Crippen LogP contribution in [0.2, 0.25) is 0 Å². The van der Waals surface area contributed by atoms with E-state index in [4.69, 9.17) is 4.74 Å². The van der Waals surface area contributed by atoms with Crippen LogP contribution >= 0.6 is 15.9 Å². The lowest BCUT2D eigenvalue weighted by molar-refractivity contribution is 0.104. The Labute approximate surface area is 200 Å². The third-order valence-electron chi connectivity index (χ3n) is 5.39. The molecule has 3 aromatic carbocycles. The van der Waals surface area contributed by atoms with Gasteiger partial charge in [-0.15, -0.1) is 0 Å². The van der Waals surface area contributed by atoms with Crippen LogP contribution in [0.15, 0.2) is 84.9 Å². The second-order valence-electron chi connectivity index (χ2n) is 7.90. The topological polar surface area (TPSA) is 26.3 Å². The van der Waals surface area contributed by atoms with Gasteiger partial charge in [-0.2, -0.15) is 0 Å². The van der Waals surface area contributed by atoms with E-state index >= 15 is 0 Å². The Kier molecular flexibility index (Phi) is 10.3. The fourth-order valence-electron chi connectivity index (χ4n) is 3.45. The summed E-state index contributed by atoms with van der Waals surface area (Å²) >= 11 is 3.45. The Morgan fingerprint density at radius 2 is 1.41 bits per heavy atom. The molecule has 0 N–H and O–H groups in total. The number of allylic oxidation sites excluding steroid dienone is 1. The van der Waals surface area contributed by atoms with Gasteiger partial charge in [0, 0.05) is 10.9 Å². The van der Waals surface area contributed by atoms with E-state index in [9.17, 15) is 4.79 Å². The number of halogens is 1. The SMILES string of the molecule is O=C(C=Cc1ccc(CCc2ccccc2)cc1)c1ccc(OCCCCCCBr)cc1. The summed E-state index contributed by atoms with van der Waals surface area (Å²) in [4.78, 5) is 12.5. The van der Waals surface area contributed by atoms with Gasteiger partial charge in [0.2, 0.25) is 0 Å². The minimum absolute atomic E-state index is 0.000484. The molecule has 0 saturated carbocycles. The zero-order valence-corrected chi connectivity index (χ0v) is 20.1. The summed E-state index contributed by atoms with van der Waals surface area (Å²) in [5.74, 6) is 0.816. The molecule has 0 bridgehead atoms. The lowest BCUT2D eigenvalue weighted by Crippen LogP contribution is -1.99. The van der Waals surface area contributed by atoms with Crippen molar-refractivity contribution in [3.63, 3.8) is 0 Å². The molecule has 0 saturated heterocycles. The van der Waals surface area contributed by atoms with E-state index < -0.39 is 0 Å². The van der Waals surface area contributed by atoms with Crippen molar-refractivity contribution >= 4 is 27.8 Å². The van der Waals surface area contributed by atoms with Gasteiger partial charge in [-0.1, -0.05) is 89.4 Å². The third kappa shape index (κ3) is 8.47. The van der Waals surface area contributed by atoms with E-state index in [1.165, 1.54) is 30.4 Å². The molecule has 166 valence electrons. The largest absolute Gasteiger partial charge is 0.494 e. The molecule has 3 rings (SSSR count). The van der Waals surface area contributed by atoms with E-state index in [2.05, 4.69) is 64.5 Å². The normalized spacial score (nSPS) is 11.0. The summed E-state index contributed by atoms with van der Waals surface area (Å²) in [5, 5.41) is 1.07. The van der Waals surface area contributed by atoms with E-state index in [0.29, 0.717) is 5.56 Å². The fourth-order valence-corrected chi connectivity index (χ4v) is 3.85. The molecule has 0 unspecified atom stereocenters. The van der Waals surface area contributed by atoms with Crippen LogP contribution in [0.3, 0.4) is 0 Å². The molecule has 3 aromatic rings. The molecular formula is C29H31BrO2. The Hall–Kier alpha value is -2.65. The van der Waals surface area contributed by atoms with Crippen LogP contribution in [-0.4, -0.2) is 17.7 Å². The van der Waals surface area contributed by atoms with Crippen molar-refractivity contribution in [3.05, 3.63) is 107 Å². The number of unbranched alkanes of at least 4 members (excludes halogenated alkanes) is 3. The van der Waals surface area contributed by atoms with E-state index in [1.54, 1.807) is 6.08 Å². The fraction of sp³-hybridized carbons (Fsp3) is 0.276. The zero-order valence-electron chi connectivity index (χ0n) is 18.5. The summed E-state index contributed by atoms with van der Waals surface area (Å²) in [6.45, 7) is 0.719. The van der Waals surface area contributed by atoms with Crippen molar-refractivity contribution in [2.24, 2.45) is 0 Å². The first kappa shape index (κ1) is 24.0. The summed E-state index contributed by atoms with van der Waals surface area (Å²) in [5.41, 5.74) is 4.35. The Balaban J connectivity index is 1.44. The number of benzene rings is 3. The van der Waals surface area contributed by atoms with Crippen molar-refractivity contribution < 1.29 is 9.53 Å². The first-order valence-corrected chi connectivity index (χ1v) is 12.5. The summed E-state index contributed by atoms with van der Waals surface area (Å²) < 4.78 is 5.77. The van der Waals surface area contributed by atoms with Gasteiger partial charge in [-0.3, -0.25) is 4.79 Å². The number of hydrogen-bond acceptors (Lipinski definition) is 2. The van der Waals surface area contributed by atoms with Gasteiger partial charge in [-0.05, 0) is 72.7 Å². The highest BCUT2D eigenvalue weighted by Gasteiger charge is 2.03. The zero-order chi connectivity index (χ0) is 22.4. The number of alkyl halides is 1. The number of carbonyl (C=O) groups is 1. The van der Waals surface area contributed by atoms with Gasteiger partial charge in [0.15, 0.2) is 5.78 Å². The molecule has 0 radical (unpaired) electrons. The van der Waals surface area contributed by atoms with Gasteiger partial charge in [0.05, 0.1) is 6.61 Å². The predicted octanol–water partition coefficient (Wildman–Crippen LogP) is 7.70. The van der Waals surface area contributed by atoms with Crippen molar-refractivity contribution in [1.82, 2.24) is 0 Å². The standard InChI is InChI=1S/C29H31BrO2/c30-22-6-1-2-7-23-32-28-19-17-27(18-20-28)29(31)21-16-26-14-12-25(13-15-26)11-10-24-8-4-3-5-9-24/h3-5,8-9,12-21H,1-2,6-7,10-11,22-23H2. The Bertz CT molecular complexity index is 960. The molecule has 3 heteroatoms. The van der Waals surface area contributed by atoms with Gasteiger partial charge >= 0.3 is 0 Å². The number of aryl methyl sites for hydroxylation is 2. The minimum Gasteiger partial charge on any atom is -0.494 e. The molecule has 0 amide bonds. The van der Waals surface area contributed by atoms with Crippen LogP contribution < -0.4 is 4.74 Å². The quantitative estimate of drug-likeness (QED) is 0.106. The van der Waals surface area contributed by atoms with Gasteiger partial charge < -0.3 is 4.74 Å². The van der Waals surface area contributed by atoms with Crippen LogP contribution in [-0.2, 0) is 12.8 Å².